The first-order valence-electron chi connectivity index (χ1n) is 7.24. The highest BCUT2D eigenvalue weighted by molar-refractivity contribution is 5.76. The van der Waals surface area contributed by atoms with Crippen LogP contribution in [-0.2, 0) is 16.8 Å². The third-order valence-corrected chi connectivity index (χ3v) is 4.63. The Balaban J connectivity index is 2.05. The SMILES string of the molecule is CCC(CC)(C(=O)O)n1nnnc1C1Cc2ccccc21. The number of aromatic nitrogens is 4. The van der Waals surface area contributed by atoms with Crippen LogP contribution in [0.25, 0.3) is 0 Å². The highest BCUT2D eigenvalue weighted by atomic mass is 16.4. The molecule has 1 aliphatic carbocycles. The van der Waals surface area contributed by atoms with E-state index in [2.05, 4.69) is 27.7 Å². The zero-order chi connectivity index (χ0) is 15.0. The summed E-state index contributed by atoms with van der Waals surface area (Å²) >= 11 is 0. The van der Waals surface area contributed by atoms with Crippen molar-refractivity contribution in [3.05, 3.63) is 41.2 Å². The number of carboxylic acids is 1. The second kappa shape index (κ2) is 4.95. The van der Waals surface area contributed by atoms with Gasteiger partial charge in [0.1, 0.15) is 0 Å². The highest BCUT2D eigenvalue weighted by Crippen LogP contribution is 2.40. The van der Waals surface area contributed by atoms with E-state index in [1.54, 1.807) is 0 Å². The minimum atomic E-state index is -1.07. The second-order valence-corrected chi connectivity index (χ2v) is 5.45. The molecule has 0 saturated carbocycles. The van der Waals surface area contributed by atoms with Crippen LogP contribution in [-0.4, -0.2) is 31.3 Å². The van der Waals surface area contributed by atoms with Crippen LogP contribution in [0.4, 0.5) is 0 Å². The van der Waals surface area contributed by atoms with E-state index < -0.39 is 11.5 Å². The molecule has 0 radical (unpaired) electrons. The summed E-state index contributed by atoms with van der Waals surface area (Å²) in [6.45, 7) is 3.72. The smallest absolute Gasteiger partial charge is 0.331 e. The first-order chi connectivity index (χ1) is 10.1. The van der Waals surface area contributed by atoms with Gasteiger partial charge in [0.15, 0.2) is 11.4 Å². The quantitative estimate of drug-likeness (QED) is 0.908. The molecule has 1 unspecified atom stereocenters. The third kappa shape index (κ3) is 1.86. The average molecular weight is 286 g/mol. The molecule has 110 valence electrons. The Hall–Kier alpha value is -2.24. The van der Waals surface area contributed by atoms with Crippen LogP contribution in [0.3, 0.4) is 0 Å². The van der Waals surface area contributed by atoms with Gasteiger partial charge in [-0.2, -0.15) is 0 Å². The van der Waals surface area contributed by atoms with Gasteiger partial charge in [0.05, 0.1) is 5.92 Å². The van der Waals surface area contributed by atoms with Crippen LogP contribution < -0.4 is 0 Å². The molecule has 1 aromatic heterocycles. The van der Waals surface area contributed by atoms with Crippen molar-refractivity contribution >= 4 is 5.97 Å². The molecule has 2 aromatic rings. The Morgan fingerprint density at radius 3 is 2.71 bits per heavy atom. The first kappa shape index (κ1) is 13.7. The molecule has 1 aliphatic rings. The molecule has 3 rings (SSSR count). The lowest BCUT2D eigenvalue weighted by Gasteiger charge is -2.33. The van der Waals surface area contributed by atoms with Gasteiger partial charge in [-0.15, -0.1) is 5.10 Å². The fourth-order valence-corrected chi connectivity index (χ4v) is 3.15. The van der Waals surface area contributed by atoms with E-state index >= 15 is 0 Å². The van der Waals surface area contributed by atoms with E-state index in [9.17, 15) is 9.90 Å². The molecule has 0 bridgehead atoms. The van der Waals surface area contributed by atoms with Crippen molar-refractivity contribution in [2.45, 2.75) is 44.6 Å². The fourth-order valence-electron chi connectivity index (χ4n) is 3.15. The Morgan fingerprint density at radius 2 is 2.10 bits per heavy atom. The first-order valence-corrected chi connectivity index (χ1v) is 7.24. The van der Waals surface area contributed by atoms with Gasteiger partial charge in [-0.05, 0) is 40.8 Å². The van der Waals surface area contributed by atoms with Crippen molar-refractivity contribution in [1.82, 2.24) is 20.2 Å². The highest BCUT2D eigenvalue weighted by Gasteiger charge is 2.43. The van der Waals surface area contributed by atoms with Gasteiger partial charge in [0, 0.05) is 0 Å². The monoisotopic (exact) mass is 286 g/mol. The van der Waals surface area contributed by atoms with Crippen LogP contribution in [0.1, 0.15) is 49.6 Å². The minimum absolute atomic E-state index is 0.0908. The standard InChI is InChI=1S/C15H18N4O2/c1-3-15(4-2,14(20)21)19-13(16-17-18-19)12-9-10-7-5-6-8-11(10)12/h5-8,12H,3-4,9H2,1-2H3,(H,20,21). The molecular formula is C15H18N4O2. The fraction of sp³-hybridized carbons (Fsp3) is 0.467. The average Bonchev–Trinajstić information content (AvgIpc) is 2.92. The number of rotatable bonds is 5. The molecule has 0 amide bonds. The zero-order valence-electron chi connectivity index (χ0n) is 12.2. The van der Waals surface area contributed by atoms with Crippen LogP contribution in [0.15, 0.2) is 24.3 Å². The van der Waals surface area contributed by atoms with Gasteiger partial charge in [-0.25, -0.2) is 9.48 Å². The van der Waals surface area contributed by atoms with Crippen molar-refractivity contribution in [3.8, 4) is 0 Å². The topological polar surface area (TPSA) is 80.9 Å². The van der Waals surface area contributed by atoms with Crippen molar-refractivity contribution in [1.29, 1.82) is 0 Å². The van der Waals surface area contributed by atoms with Gasteiger partial charge in [-0.1, -0.05) is 38.1 Å². The number of hydrogen-bond donors (Lipinski definition) is 1. The summed E-state index contributed by atoms with van der Waals surface area (Å²) in [4.78, 5) is 11.8. The number of carboxylic acid groups (broad SMARTS) is 1. The van der Waals surface area contributed by atoms with E-state index in [-0.39, 0.29) is 5.92 Å². The summed E-state index contributed by atoms with van der Waals surface area (Å²) in [5.74, 6) is -0.138. The minimum Gasteiger partial charge on any atom is -0.479 e. The summed E-state index contributed by atoms with van der Waals surface area (Å²) in [6, 6.07) is 8.15. The van der Waals surface area contributed by atoms with Gasteiger partial charge in [0.25, 0.3) is 0 Å². The summed E-state index contributed by atoms with van der Waals surface area (Å²) in [7, 11) is 0. The molecular weight excluding hydrogens is 268 g/mol. The van der Waals surface area contributed by atoms with E-state index in [4.69, 9.17) is 0 Å². The molecule has 0 spiro atoms. The molecule has 0 saturated heterocycles. The van der Waals surface area contributed by atoms with Gasteiger partial charge < -0.3 is 5.11 Å². The van der Waals surface area contributed by atoms with Crippen molar-refractivity contribution in [2.75, 3.05) is 0 Å². The molecule has 1 atom stereocenters. The van der Waals surface area contributed by atoms with Crippen molar-refractivity contribution in [2.24, 2.45) is 0 Å². The van der Waals surface area contributed by atoms with E-state index in [1.807, 2.05) is 26.0 Å². The molecule has 21 heavy (non-hydrogen) atoms. The van der Waals surface area contributed by atoms with Gasteiger partial charge in [-0.3, -0.25) is 0 Å². The number of hydrogen-bond acceptors (Lipinski definition) is 4. The molecule has 0 fully saturated rings. The molecule has 1 aromatic carbocycles. The second-order valence-electron chi connectivity index (χ2n) is 5.45. The number of nitrogens with zero attached hydrogens (tertiary/aromatic N) is 4. The Kier molecular flexibility index (Phi) is 3.23. The largest absolute Gasteiger partial charge is 0.479 e. The van der Waals surface area contributed by atoms with Crippen LogP contribution in [0, 0.1) is 0 Å². The number of tetrazole rings is 1. The van der Waals surface area contributed by atoms with Crippen LogP contribution in [0.5, 0.6) is 0 Å². The van der Waals surface area contributed by atoms with Crippen molar-refractivity contribution in [3.63, 3.8) is 0 Å². The Bertz CT molecular complexity index is 676. The number of benzene rings is 1. The summed E-state index contributed by atoms with van der Waals surface area (Å²) in [5.41, 5.74) is 1.41. The number of aliphatic carboxylic acids is 1. The van der Waals surface area contributed by atoms with Crippen LogP contribution >= 0.6 is 0 Å². The van der Waals surface area contributed by atoms with E-state index in [0.717, 1.165) is 6.42 Å². The molecule has 1 heterocycles. The molecule has 0 aliphatic heterocycles. The Labute approximate surface area is 122 Å². The lowest BCUT2D eigenvalue weighted by molar-refractivity contribution is -0.149. The normalized spacial score (nSPS) is 17.1. The van der Waals surface area contributed by atoms with Crippen LogP contribution in [0.2, 0.25) is 0 Å². The number of fused-ring (bicyclic) bond motifs is 1. The molecule has 1 N–H and O–H groups in total. The Morgan fingerprint density at radius 1 is 1.38 bits per heavy atom. The van der Waals surface area contributed by atoms with E-state index in [0.29, 0.717) is 18.7 Å². The maximum atomic E-state index is 11.8. The zero-order valence-corrected chi connectivity index (χ0v) is 12.2. The number of carbonyl (C=O) groups is 1. The third-order valence-electron chi connectivity index (χ3n) is 4.63. The van der Waals surface area contributed by atoms with Gasteiger partial charge in [0.2, 0.25) is 0 Å². The lowest BCUT2D eigenvalue weighted by atomic mass is 9.76. The predicted octanol–water partition coefficient (Wildman–Crippen LogP) is 1.96. The van der Waals surface area contributed by atoms with E-state index in [1.165, 1.54) is 15.8 Å². The molecule has 6 heteroatoms. The van der Waals surface area contributed by atoms with Gasteiger partial charge >= 0.3 is 5.97 Å². The predicted molar refractivity (Wildman–Crippen MR) is 76.0 cm³/mol. The van der Waals surface area contributed by atoms with Crippen molar-refractivity contribution < 1.29 is 9.90 Å². The summed E-state index contributed by atoms with van der Waals surface area (Å²) < 4.78 is 1.52. The maximum Gasteiger partial charge on any atom is 0.331 e. The maximum absolute atomic E-state index is 11.8. The molecule has 6 nitrogen and oxygen atoms in total. The lowest BCUT2D eigenvalue weighted by Crippen LogP contribution is -2.43. The summed E-state index contributed by atoms with van der Waals surface area (Å²) in [5, 5.41) is 21.5. The summed E-state index contributed by atoms with van der Waals surface area (Å²) in [6.07, 6.45) is 1.76.